The second kappa shape index (κ2) is 6.92. The van der Waals surface area contributed by atoms with Crippen molar-refractivity contribution in [1.29, 1.82) is 0 Å². The van der Waals surface area contributed by atoms with Gasteiger partial charge in [-0.3, -0.25) is 0 Å². The van der Waals surface area contributed by atoms with E-state index in [1.807, 2.05) is 0 Å². The van der Waals surface area contributed by atoms with E-state index in [2.05, 4.69) is 4.90 Å². The Bertz CT molecular complexity index is 118. The fraction of sp³-hybridized carbons (Fsp3) is 1.00. The summed E-state index contributed by atoms with van der Waals surface area (Å²) in [6.45, 7) is 3.19. The van der Waals surface area contributed by atoms with Crippen molar-refractivity contribution in [3.8, 4) is 0 Å². The summed E-state index contributed by atoms with van der Waals surface area (Å²) < 4.78 is 0. The molecular weight excluding hydrogens is 205 g/mol. The van der Waals surface area contributed by atoms with Gasteiger partial charge in [-0.05, 0) is 18.8 Å². The summed E-state index contributed by atoms with van der Waals surface area (Å²) in [6.07, 6.45) is 5.64. The molecule has 1 fully saturated rings. The van der Waals surface area contributed by atoms with Crippen molar-refractivity contribution in [2.24, 2.45) is 5.92 Å². The molecule has 1 saturated carbocycles. The number of halogens is 2. The van der Waals surface area contributed by atoms with E-state index in [9.17, 15) is 0 Å². The lowest BCUT2D eigenvalue weighted by atomic mass is 10.1. The molecule has 0 N–H and O–H groups in total. The van der Waals surface area contributed by atoms with Crippen LogP contribution in [-0.4, -0.2) is 36.3 Å². The molecule has 0 bridgehead atoms. The Kier molecular flexibility index (Phi) is 6.18. The molecule has 0 heterocycles. The molecule has 0 atom stereocenters. The van der Waals surface area contributed by atoms with Crippen molar-refractivity contribution < 1.29 is 0 Å². The number of alkyl halides is 2. The highest BCUT2D eigenvalue weighted by atomic mass is 35.5. The normalized spacial score (nSPS) is 18.7. The lowest BCUT2D eigenvalue weighted by Crippen LogP contribution is -2.32. The van der Waals surface area contributed by atoms with E-state index < -0.39 is 0 Å². The lowest BCUT2D eigenvalue weighted by Gasteiger charge is -2.23. The molecule has 0 unspecified atom stereocenters. The van der Waals surface area contributed by atoms with Gasteiger partial charge in [0.05, 0.1) is 0 Å². The molecular formula is C10H19Cl2N. The van der Waals surface area contributed by atoms with Crippen LogP contribution in [0.5, 0.6) is 0 Å². The van der Waals surface area contributed by atoms with Gasteiger partial charge in [0.2, 0.25) is 0 Å². The average Bonchev–Trinajstić information content (AvgIpc) is 2.58. The summed E-state index contributed by atoms with van der Waals surface area (Å²) in [5.41, 5.74) is 0. The fourth-order valence-corrected chi connectivity index (χ4v) is 2.57. The molecule has 1 aliphatic rings. The van der Waals surface area contributed by atoms with Crippen molar-refractivity contribution in [2.45, 2.75) is 25.7 Å². The number of hydrogen-bond donors (Lipinski definition) is 0. The van der Waals surface area contributed by atoms with E-state index in [0.717, 1.165) is 30.8 Å². The first kappa shape index (κ1) is 11.6. The molecule has 1 nitrogen and oxygen atoms in total. The van der Waals surface area contributed by atoms with E-state index in [4.69, 9.17) is 23.2 Å². The summed E-state index contributed by atoms with van der Waals surface area (Å²) in [5.74, 6) is 2.36. The molecule has 1 aliphatic carbocycles. The molecule has 3 heteroatoms. The summed E-state index contributed by atoms with van der Waals surface area (Å²) >= 11 is 11.5. The Hall–Kier alpha value is 0.540. The molecule has 0 aromatic heterocycles. The van der Waals surface area contributed by atoms with E-state index in [-0.39, 0.29) is 0 Å². The van der Waals surface area contributed by atoms with E-state index in [1.54, 1.807) is 0 Å². The van der Waals surface area contributed by atoms with Crippen molar-refractivity contribution in [3.05, 3.63) is 0 Å². The summed E-state index contributed by atoms with van der Waals surface area (Å²) in [6, 6.07) is 0. The van der Waals surface area contributed by atoms with Crippen LogP contribution in [0.3, 0.4) is 0 Å². The van der Waals surface area contributed by atoms with Crippen molar-refractivity contribution in [1.82, 2.24) is 4.90 Å². The first-order chi connectivity index (χ1) is 6.36. The van der Waals surface area contributed by atoms with Crippen LogP contribution in [0.25, 0.3) is 0 Å². The molecule has 0 saturated heterocycles. The van der Waals surface area contributed by atoms with Crippen LogP contribution in [0.15, 0.2) is 0 Å². The Morgan fingerprint density at radius 1 is 1.00 bits per heavy atom. The van der Waals surface area contributed by atoms with Crippen LogP contribution in [0.2, 0.25) is 0 Å². The molecule has 0 amide bonds. The highest BCUT2D eigenvalue weighted by Gasteiger charge is 2.17. The second-order valence-electron chi connectivity index (χ2n) is 3.83. The number of rotatable bonds is 6. The average molecular weight is 224 g/mol. The van der Waals surface area contributed by atoms with Crippen LogP contribution < -0.4 is 0 Å². The Morgan fingerprint density at radius 3 is 2.00 bits per heavy atom. The van der Waals surface area contributed by atoms with Crippen molar-refractivity contribution >= 4 is 23.2 Å². The third-order valence-corrected chi connectivity index (χ3v) is 3.13. The SMILES string of the molecule is ClCCN(CCCl)CC1CCCC1. The molecule has 0 radical (unpaired) electrons. The largest absolute Gasteiger partial charge is 0.301 e. The zero-order chi connectivity index (χ0) is 9.52. The molecule has 0 aliphatic heterocycles. The minimum atomic E-state index is 0.726. The van der Waals surface area contributed by atoms with Gasteiger partial charge in [-0.15, -0.1) is 23.2 Å². The van der Waals surface area contributed by atoms with Gasteiger partial charge in [0, 0.05) is 31.4 Å². The third-order valence-electron chi connectivity index (χ3n) is 2.79. The van der Waals surface area contributed by atoms with Gasteiger partial charge in [-0.2, -0.15) is 0 Å². The van der Waals surface area contributed by atoms with E-state index in [0.29, 0.717) is 0 Å². The van der Waals surface area contributed by atoms with E-state index in [1.165, 1.54) is 32.2 Å². The quantitative estimate of drug-likeness (QED) is 0.627. The van der Waals surface area contributed by atoms with Gasteiger partial charge in [-0.1, -0.05) is 12.8 Å². The lowest BCUT2D eigenvalue weighted by molar-refractivity contribution is 0.257. The monoisotopic (exact) mass is 223 g/mol. The third kappa shape index (κ3) is 4.53. The van der Waals surface area contributed by atoms with Crippen LogP contribution >= 0.6 is 23.2 Å². The maximum Gasteiger partial charge on any atom is 0.0351 e. The van der Waals surface area contributed by atoms with Crippen LogP contribution in [-0.2, 0) is 0 Å². The van der Waals surface area contributed by atoms with Gasteiger partial charge >= 0.3 is 0 Å². The van der Waals surface area contributed by atoms with Gasteiger partial charge in [0.25, 0.3) is 0 Å². The van der Waals surface area contributed by atoms with Crippen molar-refractivity contribution in [2.75, 3.05) is 31.4 Å². The number of hydrogen-bond acceptors (Lipinski definition) is 1. The maximum atomic E-state index is 5.73. The first-order valence-electron chi connectivity index (χ1n) is 5.21. The first-order valence-corrected chi connectivity index (χ1v) is 6.28. The predicted octanol–water partition coefficient (Wildman–Crippen LogP) is 2.96. The fourth-order valence-electron chi connectivity index (χ4n) is 2.09. The van der Waals surface area contributed by atoms with Gasteiger partial charge < -0.3 is 4.90 Å². The highest BCUT2D eigenvalue weighted by molar-refractivity contribution is 6.18. The van der Waals surface area contributed by atoms with Gasteiger partial charge in [-0.25, -0.2) is 0 Å². The molecule has 13 heavy (non-hydrogen) atoms. The Labute approximate surface area is 91.4 Å². The summed E-state index contributed by atoms with van der Waals surface area (Å²) in [7, 11) is 0. The van der Waals surface area contributed by atoms with Gasteiger partial charge in [0.15, 0.2) is 0 Å². The summed E-state index contributed by atoms with van der Waals surface area (Å²) in [5, 5.41) is 0. The summed E-state index contributed by atoms with van der Waals surface area (Å²) in [4.78, 5) is 2.40. The van der Waals surface area contributed by atoms with E-state index >= 15 is 0 Å². The topological polar surface area (TPSA) is 3.24 Å². The standard InChI is InChI=1S/C10H19Cl2N/c11-5-7-13(8-6-12)9-10-3-1-2-4-10/h10H,1-9H2. The number of nitrogens with zero attached hydrogens (tertiary/aromatic N) is 1. The van der Waals surface area contributed by atoms with Crippen LogP contribution in [0.4, 0.5) is 0 Å². The molecule has 0 aromatic rings. The van der Waals surface area contributed by atoms with Crippen LogP contribution in [0, 0.1) is 5.92 Å². The predicted molar refractivity (Wildman–Crippen MR) is 59.8 cm³/mol. The van der Waals surface area contributed by atoms with Crippen molar-refractivity contribution in [3.63, 3.8) is 0 Å². The van der Waals surface area contributed by atoms with Crippen LogP contribution in [0.1, 0.15) is 25.7 Å². The molecule has 0 spiro atoms. The minimum absolute atomic E-state index is 0.726. The second-order valence-corrected chi connectivity index (χ2v) is 4.58. The van der Waals surface area contributed by atoms with Gasteiger partial charge in [0.1, 0.15) is 0 Å². The maximum absolute atomic E-state index is 5.73. The molecule has 0 aromatic carbocycles. The Balaban J connectivity index is 2.19. The minimum Gasteiger partial charge on any atom is -0.301 e. The highest BCUT2D eigenvalue weighted by Crippen LogP contribution is 2.25. The molecule has 78 valence electrons. The zero-order valence-electron chi connectivity index (χ0n) is 8.14. The zero-order valence-corrected chi connectivity index (χ0v) is 9.66. The smallest absolute Gasteiger partial charge is 0.0351 e. The Morgan fingerprint density at radius 2 is 1.54 bits per heavy atom. The molecule has 1 rings (SSSR count).